The number of fused-ring (bicyclic) bond motifs is 1. The van der Waals surface area contributed by atoms with Crippen molar-refractivity contribution >= 4 is 34.8 Å². The summed E-state index contributed by atoms with van der Waals surface area (Å²) < 4.78 is 11.6. The number of carbonyl (C=O) groups excluding carboxylic acids is 1. The SMILES string of the molecule is COc1ccc(N2Cc3cc(Cl)cc(Cl)c3C2=O)cc1OCCN1CCC(C)(C)CC1. The molecule has 31 heavy (non-hydrogen) atoms. The second kappa shape index (κ2) is 8.89. The summed E-state index contributed by atoms with van der Waals surface area (Å²) in [6, 6.07) is 8.95. The predicted molar refractivity (Wildman–Crippen MR) is 125 cm³/mol. The number of halogens is 2. The zero-order valence-corrected chi connectivity index (χ0v) is 19.7. The lowest BCUT2D eigenvalue weighted by molar-refractivity contribution is 0.0996. The molecule has 0 atom stereocenters. The average molecular weight is 463 g/mol. The molecule has 1 fully saturated rings. The van der Waals surface area contributed by atoms with Crippen LogP contribution in [0, 0.1) is 5.41 Å². The zero-order valence-electron chi connectivity index (χ0n) is 18.2. The molecule has 4 rings (SSSR count). The Hall–Kier alpha value is -1.95. The fourth-order valence-electron chi connectivity index (χ4n) is 4.19. The van der Waals surface area contributed by atoms with E-state index in [2.05, 4.69) is 18.7 Å². The highest BCUT2D eigenvalue weighted by atomic mass is 35.5. The summed E-state index contributed by atoms with van der Waals surface area (Å²) in [5.74, 6) is 1.14. The molecular formula is C24H28Cl2N2O3. The van der Waals surface area contributed by atoms with Crippen molar-refractivity contribution in [1.82, 2.24) is 4.90 Å². The molecule has 5 nitrogen and oxygen atoms in total. The van der Waals surface area contributed by atoms with E-state index in [1.807, 2.05) is 18.2 Å². The van der Waals surface area contributed by atoms with Gasteiger partial charge in [-0.25, -0.2) is 0 Å². The maximum atomic E-state index is 13.0. The number of rotatable bonds is 6. The minimum Gasteiger partial charge on any atom is -0.493 e. The largest absolute Gasteiger partial charge is 0.493 e. The Balaban J connectivity index is 1.46. The standard InChI is InChI=1S/C24H28Cl2N2O3/c1-24(2)6-8-27(9-7-24)10-11-31-21-14-18(4-5-20(21)30-3)28-15-16-12-17(25)13-19(26)22(16)23(28)29/h4-5,12-14H,6-11,15H2,1-3H3. The molecule has 2 aromatic rings. The van der Waals surface area contributed by atoms with Crippen molar-refractivity contribution in [3.8, 4) is 11.5 Å². The van der Waals surface area contributed by atoms with Gasteiger partial charge in [0.2, 0.25) is 0 Å². The lowest BCUT2D eigenvalue weighted by atomic mass is 9.83. The lowest BCUT2D eigenvalue weighted by Crippen LogP contribution is -2.39. The van der Waals surface area contributed by atoms with E-state index in [0.717, 1.165) is 30.9 Å². The molecule has 0 saturated carbocycles. The highest BCUT2D eigenvalue weighted by molar-refractivity contribution is 6.38. The Labute approximate surface area is 193 Å². The molecule has 0 N–H and O–H groups in total. The van der Waals surface area contributed by atoms with E-state index in [1.54, 1.807) is 24.1 Å². The third-order valence-electron chi connectivity index (χ3n) is 6.26. The van der Waals surface area contributed by atoms with Crippen LogP contribution in [0.4, 0.5) is 5.69 Å². The van der Waals surface area contributed by atoms with Crippen molar-refractivity contribution in [3.63, 3.8) is 0 Å². The number of methoxy groups -OCH3 is 1. The van der Waals surface area contributed by atoms with Gasteiger partial charge >= 0.3 is 0 Å². The molecule has 0 spiro atoms. The second-order valence-electron chi connectivity index (χ2n) is 9.00. The number of amides is 1. The first-order chi connectivity index (χ1) is 14.8. The molecule has 2 heterocycles. The first kappa shape index (κ1) is 22.3. The van der Waals surface area contributed by atoms with E-state index in [-0.39, 0.29) is 5.91 Å². The number of piperidine rings is 1. The predicted octanol–water partition coefficient (Wildman–Crippen LogP) is 5.66. The molecule has 166 valence electrons. The summed E-state index contributed by atoms with van der Waals surface area (Å²) in [6.07, 6.45) is 2.41. The molecule has 1 amide bonds. The van der Waals surface area contributed by atoms with E-state index < -0.39 is 0 Å². The number of nitrogens with zero attached hydrogens (tertiary/aromatic N) is 2. The Morgan fingerprint density at radius 1 is 1.06 bits per heavy atom. The van der Waals surface area contributed by atoms with Crippen LogP contribution < -0.4 is 14.4 Å². The molecule has 2 aliphatic heterocycles. The first-order valence-electron chi connectivity index (χ1n) is 10.6. The van der Waals surface area contributed by atoms with E-state index in [1.165, 1.54) is 12.8 Å². The number of likely N-dealkylation sites (tertiary alicyclic amines) is 1. The quantitative estimate of drug-likeness (QED) is 0.554. The van der Waals surface area contributed by atoms with Gasteiger partial charge in [0.25, 0.3) is 5.91 Å². The van der Waals surface area contributed by atoms with Crippen LogP contribution in [0.1, 0.15) is 42.6 Å². The number of ether oxygens (including phenoxy) is 2. The van der Waals surface area contributed by atoms with Crippen LogP contribution in [0.15, 0.2) is 30.3 Å². The number of hydrogen-bond donors (Lipinski definition) is 0. The highest BCUT2D eigenvalue weighted by Crippen LogP contribution is 2.38. The van der Waals surface area contributed by atoms with Gasteiger partial charge < -0.3 is 14.4 Å². The number of anilines is 1. The van der Waals surface area contributed by atoms with Gasteiger partial charge in [-0.2, -0.15) is 0 Å². The van der Waals surface area contributed by atoms with Crippen LogP contribution in [0.3, 0.4) is 0 Å². The smallest absolute Gasteiger partial charge is 0.260 e. The van der Waals surface area contributed by atoms with Crippen LogP contribution >= 0.6 is 23.2 Å². The molecule has 2 aliphatic rings. The van der Waals surface area contributed by atoms with Crippen molar-refractivity contribution in [1.29, 1.82) is 0 Å². The van der Waals surface area contributed by atoms with E-state index >= 15 is 0 Å². The molecule has 0 aromatic heterocycles. The monoisotopic (exact) mass is 462 g/mol. The van der Waals surface area contributed by atoms with Gasteiger partial charge in [0.1, 0.15) is 6.61 Å². The third-order valence-corrected chi connectivity index (χ3v) is 6.77. The molecule has 0 aliphatic carbocycles. The van der Waals surface area contributed by atoms with Crippen molar-refractivity contribution in [2.75, 3.05) is 38.3 Å². The van der Waals surface area contributed by atoms with E-state index in [0.29, 0.717) is 45.7 Å². The van der Waals surface area contributed by atoms with Crippen molar-refractivity contribution in [2.45, 2.75) is 33.2 Å². The summed E-state index contributed by atoms with van der Waals surface area (Å²) >= 11 is 12.4. The number of hydrogen-bond acceptors (Lipinski definition) is 4. The van der Waals surface area contributed by atoms with E-state index in [4.69, 9.17) is 32.7 Å². The van der Waals surface area contributed by atoms with Gasteiger partial charge in [-0.1, -0.05) is 37.0 Å². The van der Waals surface area contributed by atoms with Crippen molar-refractivity contribution in [3.05, 3.63) is 51.5 Å². The number of carbonyl (C=O) groups is 1. The minimum absolute atomic E-state index is 0.135. The minimum atomic E-state index is -0.135. The maximum Gasteiger partial charge on any atom is 0.260 e. The van der Waals surface area contributed by atoms with Gasteiger partial charge in [0.15, 0.2) is 11.5 Å². The van der Waals surface area contributed by atoms with Gasteiger partial charge in [0, 0.05) is 23.3 Å². The summed E-state index contributed by atoms with van der Waals surface area (Å²) in [4.78, 5) is 17.1. The fourth-order valence-corrected chi connectivity index (χ4v) is 4.81. The van der Waals surface area contributed by atoms with Crippen LogP contribution in [-0.2, 0) is 6.54 Å². The highest BCUT2D eigenvalue weighted by Gasteiger charge is 2.32. The van der Waals surface area contributed by atoms with Gasteiger partial charge in [-0.05, 0) is 61.2 Å². The Kier molecular flexibility index (Phi) is 6.38. The Morgan fingerprint density at radius 2 is 1.81 bits per heavy atom. The Morgan fingerprint density at radius 3 is 2.52 bits per heavy atom. The van der Waals surface area contributed by atoms with Crippen molar-refractivity contribution < 1.29 is 14.3 Å². The third kappa shape index (κ3) is 4.79. The molecule has 0 radical (unpaired) electrons. The lowest BCUT2D eigenvalue weighted by Gasteiger charge is -2.36. The topological polar surface area (TPSA) is 42.0 Å². The molecule has 0 unspecified atom stereocenters. The van der Waals surface area contributed by atoms with E-state index in [9.17, 15) is 4.79 Å². The van der Waals surface area contributed by atoms with Crippen LogP contribution in [0.2, 0.25) is 10.0 Å². The molecule has 7 heteroatoms. The molecule has 0 bridgehead atoms. The van der Waals surface area contributed by atoms with Crippen LogP contribution in [0.25, 0.3) is 0 Å². The second-order valence-corrected chi connectivity index (χ2v) is 9.85. The van der Waals surface area contributed by atoms with Gasteiger partial charge in [0.05, 0.1) is 24.2 Å². The molecule has 1 saturated heterocycles. The number of benzene rings is 2. The van der Waals surface area contributed by atoms with Gasteiger partial charge in [-0.15, -0.1) is 0 Å². The first-order valence-corrected chi connectivity index (χ1v) is 11.4. The summed E-state index contributed by atoms with van der Waals surface area (Å²) in [6.45, 7) is 8.70. The molecule has 2 aromatic carbocycles. The summed E-state index contributed by atoms with van der Waals surface area (Å²) in [5, 5.41) is 0.906. The normalized spacial score (nSPS) is 18.2. The molecular weight excluding hydrogens is 435 g/mol. The van der Waals surface area contributed by atoms with Crippen LogP contribution in [-0.4, -0.2) is 44.2 Å². The maximum absolute atomic E-state index is 13.0. The Bertz CT molecular complexity index is 983. The van der Waals surface area contributed by atoms with Crippen molar-refractivity contribution in [2.24, 2.45) is 5.41 Å². The van der Waals surface area contributed by atoms with Crippen LogP contribution in [0.5, 0.6) is 11.5 Å². The summed E-state index contributed by atoms with van der Waals surface area (Å²) in [5.41, 5.74) is 2.51. The summed E-state index contributed by atoms with van der Waals surface area (Å²) in [7, 11) is 1.62. The van der Waals surface area contributed by atoms with Gasteiger partial charge in [-0.3, -0.25) is 9.69 Å². The zero-order chi connectivity index (χ0) is 22.2. The average Bonchev–Trinajstić information content (AvgIpc) is 3.05. The fraction of sp³-hybridized carbons (Fsp3) is 0.458.